The van der Waals surface area contributed by atoms with E-state index in [0.29, 0.717) is 22.9 Å². The highest BCUT2D eigenvalue weighted by molar-refractivity contribution is 5.91. The second-order valence-corrected chi connectivity index (χ2v) is 7.54. The van der Waals surface area contributed by atoms with Gasteiger partial charge in [-0.3, -0.25) is 4.98 Å². The number of nitrogens with one attached hydrogen (secondary N) is 1. The number of amides is 2. The van der Waals surface area contributed by atoms with Crippen LogP contribution in [0.1, 0.15) is 25.7 Å². The first-order valence-corrected chi connectivity index (χ1v) is 10.1. The molecule has 0 radical (unpaired) electrons. The summed E-state index contributed by atoms with van der Waals surface area (Å²) in [6.07, 6.45) is 7.15. The summed E-state index contributed by atoms with van der Waals surface area (Å²) >= 11 is 0. The first-order valence-electron chi connectivity index (χ1n) is 10.1. The van der Waals surface area contributed by atoms with Crippen LogP contribution < -0.4 is 24.3 Å². The first kappa shape index (κ1) is 20.1. The second-order valence-electron chi connectivity index (χ2n) is 7.54. The quantitative estimate of drug-likeness (QED) is 0.777. The molecule has 2 amide bonds. The summed E-state index contributed by atoms with van der Waals surface area (Å²) in [6.45, 7) is 0. The molecule has 4 rings (SSSR count). The van der Waals surface area contributed by atoms with E-state index in [-0.39, 0.29) is 24.2 Å². The van der Waals surface area contributed by atoms with Crippen molar-refractivity contribution in [3.63, 3.8) is 0 Å². The van der Waals surface area contributed by atoms with Gasteiger partial charge in [-0.05, 0) is 25.0 Å². The molecule has 2 saturated heterocycles. The molecule has 8 nitrogen and oxygen atoms in total. The monoisotopic (exact) mass is 413 g/mol. The highest BCUT2D eigenvalue weighted by Gasteiger charge is 2.44. The molecule has 30 heavy (non-hydrogen) atoms. The Kier molecular flexibility index (Phi) is 5.83. The van der Waals surface area contributed by atoms with E-state index in [1.54, 1.807) is 45.9 Å². The number of ether oxygens (including phenoxy) is 4. The topological polar surface area (TPSA) is 82.2 Å². The van der Waals surface area contributed by atoms with Gasteiger partial charge in [0.25, 0.3) is 0 Å². The first-order chi connectivity index (χ1) is 14.6. The van der Waals surface area contributed by atoms with Gasteiger partial charge in [-0.15, -0.1) is 0 Å². The maximum Gasteiger partial charge on any atom is 0.322 e. The molecule has 2 aromatic rings. The van der Waals surface area contributed by atoms with Crippen LogP contribution in [0.4, 0.5) is 10.5 Å². The largest absolute Gasteiger partial charge is 0.493 e. The molecule has 2 bridgehead atoms. The standard InChI is InChI=1S/C22H27N3O5/c1-27-19-9-14(10-20(28-2)21(19)29-3)24-22(26)25-15-6-7-16(25)12-18(11-15)30-17-5-4-8-23-13-17/h4-5,8-10,13,15-16,18H,6-7,11-12H2,1-3H3,(H,24,26). The summed E-state index contributed by atoms with van der Waals surface area (Å²) in [5, 5.41) is 3.00. The van der Waals surface area contributed by atoms with Crippen LogP contribution in [0.15, 0.2) is 36.7 Å². The van der Waals surface area contributed by atoms with Crippen LogP contribution in [0, 0.1) is 0 Å². The lowest BCUT2D eigenvalue weighted by Crippen LogP contribution is -2.50. The van der Waals surface area contributed by atoms with Gasteiger partial charge in [0.05, 0.1) is 33.2 Å². The molecule has 0 saturated carbocycles. The van der Waals surface area contributed by atoms with Gasteiger partial charge in [0.1, 0.15) is 11.9 Å². The van der Waals surface area contributed by atoms with E-state index in [4.69, 9.17) is 18.9 Å². The molecule has 2 aliphatic heterocycles. The number of anilines is 1. The molecular weight excluding hydrogens is 386 g/mol. The molecule has 0 spiro atoms. The number of piperidine rings is 1. The van der Waals surface area contributed by atoms with Gasteiger partial charge in [0.15, 0.2) is 11.5 Å². The molecule has 1 N–H and O–H groups in total. The van der Waals surface area contributed by atoms with E-state index < -0.39 is 0 Å². The molecule has 2 atom stereocenters. The van der Waals surface area contributed by atoms with Gasteiger partial charge in [-0.2, -0.15) is 0 Å². The summed E-state index contributed by atoms with van der Waals surface area (Å²) in [5.74, 6) is 2.26. The number of aromatic nitrogens is 1. The van der Waals surface area contributed by atoms with Crippen molar-refractivity contribution < 1.29 is 23.7 Å². The van der Waals surface area contributed by atoms with E-state index in [2.05, 4.69) is 10.3 Å². The van der Waals surface area contributed by atoms with Crippen molar-refractivity contribution in [1.82, 2.24) is 9.88 Å². The summed E-state index contributed by atoms with van der Waals surface area (Å²) in [7, 11) is 4.65. The molecule has 2 unspecified atom stereocenters. The number of methoxy groups -OCH3 is 3. The van der Waals surface area contributed by atoms with Gasteiger partial charge < -0.3 is 29.2 Å². The third-order valence-electron chi connectivity index (χ3n) is 5.78. The van der Waals surface area contributed by atoms with Crippen LogP contribution in [-0.4, -0.2) is 55.4 Å². The number of urea groups is 1. The Bertz CT molecular complexity index is 853. The number of hydrogen-bond acceptors (Lipinski definition) is 6. The van der Waals surface area contributed by atoms with Crippen LogP contribution in [0.2, 0.25) is 0 Å². The number of nitrogens with zero attached hydrogens (tertiary/aromatic N) is 2. The SMILES string of the molecule is COc1cc(NC(=O)N2C3CCC2CC(Oc2cccnc2)C3)cc(OC)c1OC. The van der Waals surface area contributed by atoms with E-state index >= 15 is 0 Å². The van der Waals surface area contributed by atoms with Crippen molar-refractivity contribution in [1.29, 1.82) is 0 Å². The summed E-state index contributed by atoms with van der Waals surface area (Å²) < 4.78 is 22.2. The Morgan fingerprint density at radius 2 is 1.73 bits per heavy atom. The number of fused-ring (bicyclic) bond motifs is 2. The van der Waals surface area contributed by atoms with Gasteiger partial charge in [-0.25, -0.2) is 4.79 Å². The van der Waals surface area contributed by atoms with E-state index in [0.717, 1.165) is 31.4 Å². The molecule has 8 heteroatoms. The number of pyridine rings is 1. The molecule has 1 aromatic carbocycles. The van der Waals surface area contributed by atoms with Gasteiger partial charge in [0.2, 0.25) is 5.75 Å². The smallest absolute Gasteiger partial charge is 0.322 e. The molecule has 0 aliphatic carbocycles. The Labute approximate surface area is 176 Å². The molecule has 160 valence electrons. The van der Waals surface area contributed by atoms with E-state index in [9.17, 15) is 4.79 Å². The zero-order valence-electron chi connectivity index (χ0n) is 17.5. The minimum Gasteiger partial charge on any atom is -0.493 e. The van der Waals surface area contributed by atoms with E-state index in [1.807, 2.05) is 17.0 Å². The van der Waals surface area contributed by atoms with Crippen LogP contribution in [0.5, 0.6) is 23.0 Å². The summed E-state index contributed by atoms with van der Waals surface area (Å²) in [5.41, 5.74) is 0.600. The Morgan fingerprint density at radius 1 is 1.07 bits per heavy atom. The number of hydrogen-bond donors (Lipinski definition) is 1. The van der Waals surface area contributed by atoms with Crippen molar-refractivity contribution in [2.75, 3.05) is 26.6 Å². The van der Waals surface area contributed by atoms with Gasteiger partial charge >= 0.3 is 6.03 Å². The summed E-state index contributed by atoms with van der Waals surface area (Å²) in [6, 6.07) is 7.46. The lowest BCUT2D eigenvalue weighted by molar-refractivity contribution is 0.0730. The van der Waals surface area contributed by atoms with Crippen LogP contribution in [0.3, 0.4) is 0 Å². The highest BCUT2D eigenvalue weighted by atomic mass is 16.5. The zero-order chi connectivity index (χ0) is 21.1. The molecule has 1 aromatic heterocycles. The van der Waals surface area contributed by atoms with Crippen molar-refractivity contribution in [2.45, 2.75) is 43.9 Å². The van der Waals surface area contributed by atoms with Crippen molar-refractivity contribution in [3.8, 4) is 23.0 Å². The second kappa shape index (κ2) is 8.69. The fourth-order valence-corrected chi connectivity index (χ4v) is 4.51. The Morgan fingerprint density at radius 3 is 2.27 bits per heavy atom. The minimum absolute atomic E-state index is 0.0944. The molecular formula is C22H27N3O5. The summed E-state index contributed by atoms with van der Waals surface area (Å²) in [4.78, 5) is 19.2. The normalized spacial score (nSPS) is 22.4. The fraction of sp³-hybridized carbons (Fsp3) is 0.455. The average Bonchev–Trinajstić information content (AvgIpc) is 3.04. The lowest BCUT2D eigenvalue weighted by Gasteiger charge is -2.38. The fourth-order valence-electron chi connectivity index (χ4n) is 4.51. The maximum atomic E-state index is 13.1. The average molecular weight is 413 g/mol. The molecule has 2 aliphatic rings. The highest BCUT2D eigenvalue weighted by Crippen LogP contribution is 2.41. The van der Waals surface area contributed by atoms with Gasteiger partial charge in [0, 0.05) is 43.3 Å². The lowest BCUT2D eigenvalue weighted by atomic mass is 10.00. The third kappa shape index (κ3) is 3.94. The molecule has 2 fully saturated rings. The van der Waals surface area contributed by atoms with Crippen molar-refractivity contribution in [3.05, 3.63) is 36.7 Å². The third-order valence-corrected chi connectivity index (χ3v) is 5.78. The Hall–Kier alpha value is -3.16. The number of carbonyl (C=O) groups excluding carboxylic acids is 1. The van der Waals surface area contributed by atoms with Crippen LogP contribution in [-0.2, 0) is 0 Å². The minimum atomic E-state index is -0.114. The predicted octanol–water partition coefficient (Wildman–Crippen LogP) is 3.71. The van der Waals surface area contributed by atoms with E-state index in [1.165, 1.54) is 0 Å². The van der Waals surface area contributed by atoms with Gasteiger partial charge in [-0.1, -0.05) is 0 Å². The zero-order valence-corrected chi connectivity index (χ0v) is 17.5. The maximum absolute atomic E-state index is 13.1. The molecule has 3 heterocycles. The number of benzene rings is 1. The van der Waals surface area contributed by atoms with Crippen LogP contribution in [0.25, 0.3) is 0 Å². The van der Waals surface area contributed by atoms with Crippen molar-refractivity contribution >= 4 is 11.7 Å². The van der Waals surface area contributed by atoms with Crippen molar-refractivity contribution in [2.24, 2.45) is 0 Å². The Balaban J connectivity index is 1.45. The number of rotatable bonds is 6. The number of carbonyl (C=O) groups is 1. The van der Waals surface area contributed by atoms with Crippen LogP contribution >= 0.6 is 0 Å². The predicted molar refractivity (Wildman–Crippen MR) is 112 cm³/mol.